The molecule has 1 heterocycles. The van der Waals surface area contributed by atoms with Crippen molar-refractivity contribution in [1.29, 1.82) is 0 Å². The lowest BCUT2D eigenvalue weighted by molar-refractivity contribution is -0.136. The van der Waals surface area contributed by atoms with Gasteiger partial charge in [-0.2, -0.15) is 0 Å². The minimum absolute atomic E-state index is 0.00496. The predicted molar refractivity (Wildman–Crippen MR) is 77.6 cm³/mol. The number of carbonyl (C=O) groups excluding carboxylic acids is 1. The quantitative estimate of drug-likeness (QED) is 0.597. The summed E-state index contributed by atoms with van der Waals surface area (Å²) >= 11 is 0. The van der Waals surface area contributed by atoms with E-state index in [0.717, 1.165) is 32.4 Å². The van der Waals surface area contributed by atoms with E-state index in [1.54, 1.807) is 0 Å². The number of carboxylic acid groups (broad SMARTS) is 1. The zero-order chi connectivity index (χ0) is 15.0. The zero-order valence-corrected chi connectivity index (χ0v) is 12.5. The van der Waals surface area contributed by atoms with Crippen LogP contribution in [-0.4, -0.2) is 60.6 Å². The van der Waals surface area contributed by atoms with Crippen LogP contribution in [0.5, 0.6) is 0 Å². The van der Waals surface area contributed by atoms with Gasteiger partial charge in [0.15, 0.2) is 0 Å². The lowest BCUT2D eigenvalue weighted by atomic mass is 9.98. The number of hydrogen-bond acceptors (Lipinski definition) is 4. The molecule has 0 aromatic rings. The summed E-state index contributed by atoms with van der Waals surface area (Å²) in [5.74, 6) is -0.316. The third kappa shape index (κ3) is 6.86. The summed E-state index contributed by atoms with van der Waals surface area (Å²) in [7, 11) is 0. The Hall–Kier alpha value is -1.14. The van der Waals surface area contributed by atoms with E-state index in [4.69, 9.17) is 5.11 Å². The monoisotopic (exact) mass is 285 g/mol. The first-order valence-electron chi connectivity index (χ1n) is 7.45. The molecule has 6 nitrogen and oxygen atoms in total. The summed E-state index contributed by atoms with van der Waals surface area (Å²) in [4.78, 5) is 24.5. The minimum atomic E-state index is -0.828. The van der Waals surface area contributed by atoms with Crippen molar-refractivity contribution in [2.75, 3.05) is 32.7 Å². The van der Waals surface area contributed by atoms with Gasteiger partial charge in [-0.05, 0) is 45.2 Å². The van der Waals surface area contributed by atoms with Crippen LogP contribution in [0.25, 0.3) is 0 Å². The Morgan fingerprint density at radius 3 is 2.85 bits per heavy atom. The average molecular weight is 285 g/mol. The van der Waals surface area contributed by atoms with Crippen molar-refractivity contribution in [2.45, 2.75) is 39.2 Å². The van der Waals surface area contributed by atoms with Crippen LogP contribution < -0.4 is 10.6 Å². The Morgan fingerprint density at radius 1 is 1.45 bits per heavy atom. The van der Waals surface area contributed by atoms with Crippen LogP contribution in [0.2, 0.25) is 0 Å². The average Bonchev–Trinajstić information content (AvgIpc) is 2.38. The van der Waals surface area contributed by atoms with Gasteiger partial charge in [-0.1, -0.05) is 6.92 Å². The Morgan fingerprint density at radius 2 is 2.20 bits per heavy atom. The number of hydrogen-bond donors (Lipinski definition) is 3. The van der Waals surface area contributed by atoms with Crippen molar-refractivity contribution >= 4 is 11.9 Å². The van der Waals surface area contributed by atoms with Gasteiger partial charge in [0.05, 0.1) is 13.1 Å². The first-order valence-corrected chi connectivity index (χ1v) is 7.45. The second-order valence-corrected chi connectivity index (χ2v) is 5.64. The summed E-state index contributed by atoms with van der Waals surface area (Å²) in [6.07, 6.45) is 3.10. The molecule has 0 aliphatic carbocycles. The predicted octanol–water partition coefficient (Wildman–Crippen LogP) is 0.287. The molecule has 1 amide bonds. The molecule has 116 valence electrons. The lowest BCUT2D eigenvalue weighted by Gasteiger charge is -2.32. The fourth-order valence-electron chi connectivity index (χ4n) is 2.47. The van der Waals surface area contributed by atoms with Crippen LogP contribution in [0.15, 0.2) is 0 Å². The van der Waals surface area contributed by atoms with Gasteiger partial charge in [0.1, 0.15) is 0 Å². The van der Waals surface area contributed by atoms with Crippen LogP contribution in [0.3, 0.4) is 0 Å². The molecular formula is C14H27N3O3. The summed E-state index contributed by atoms with van der Waals surface area (Å²) in [6.45, 7) is 7.02. The van der Waals surface area contributed by atoms with Crippen molar-refractivity contribution in [2.24, 2.45) is 5.92 Å². The Labute approximate surface area is 120 Å². The van der Waals surface area contributed by atoms with Crippen LogP contribution >= 0.6 is 0 Å². The standard InChI is InChI=1S/C14H27N3O3/c1-3-11(2)16-13(18)10-17-6-4-5-12(9-17)7-15-8-14(19)20/h11-12,15H,3-10H2,1-2H3,(H,16,18)(H,19,20). The zero-order valence-electron chi connectivity index (χ0n) is 12.5. The molecule has 1 saturated heterocycles. The van der Waals surface area contributed by atoms with E-state index in [1.165, 1.54) is 0 Å². The van der Waals surface area contributed by atoms with E-state index in [2.05, 4.69) is 22.5 Å². The van der Waals surface area contributed by atoms with Crippen LogP contribution in [0.1, 0.15) is 33.1 Å². The molecule has 1 aliphatic rings. The summed E-state index contributed by atoms with van der Waals surface area (Å²) in [5.41, 5.74) is 0. The smallest absolute Gasteiger partial charge is 0.317 e. The maximum absolute atomic E-state index is 11.8. The largest absolute Gasteiger partial charge is 0.480 e. The van der Waals surface area contributed by atoms with Gasteiger partial charge in [0, 0.05) is 12.6 Å². The van der Waals surface area contributed by atoms with Crippen LogP contribution in [0.4, 0.5) is 0 Å². The van der Waals surface area contributed by atoms with Crippen molar-refractivity contribution in [1.82, 2.24) is 15.5 Å². The lowest BCUT2D eigenvalue weighted by Crippen LogP contribution is -2.46. The van der Waals surface area contributed by atoms with Gasteiger partial charge < -0.3 is 15.7 Å². The second kappa shape index (κ2) is 8.92. The number of nitrogens with one attached hydrogen (secondary N) is 2. The Kier molecular flexibility index (Phi) is 7.54. The number of nitrogens with zero attached hydrogens (tertiary/aromatic N) is 1. The Bertz CT molecular complexity index is 323. The molecule has 0 bridgehead atoms. The van der Waals surface area contributed by atoms with Gasteiger partial charge in [0.25, 0.3) is 0 Å². The third-order valence-corrected chi connectivity index (χ3v) is 3.70. The van der Waals surface area contributed by atoms with E-state index >= 15 is 0 Å². The number of likely N-dealkylation sites (tertiary alicyclic amines) is 1. The molecule has 0 spiro atoms. The summed E-state index contributed by atoms with van der Waals surface area (Å²) < 4.78 is 0. The van der Waals surface area contributed by atoms with Gasteiger partial charge in [0.2, 0.25) is 5.91 Å². The van der Waals surface area contributed by atoms with E-state index in [1.807, 2.05) is 6.92 Å². The number of aliphatic carboxylic acids is 1. The number of piperidine rings is 1. The fourth-order valence-corrected chi connectivity index (χ4v) is 2.47. The molecule has 1 fully saturated rings. The van der Waals surface area contributed by atoms with Crippen LogP contribution in [0, 0.1) is 5.92 Å². The normalized spacial score (nSPS) is 21.4. The first-order chi connectivity index (χ1) is 9.51. The van der Waals surface area contributed by atoms with E-state index in [9.17, 15) is 9.59 Å². The Balaban J connectivity index is 2.26. The molecule has 2 unspecified atom stereocenters. The number of carboxylic acids is 1. The van der Waals surface area contributed by atoms with Crippen molar-refractivity contribution in [3.63, 3.8) is 0 Å². The minimum Gasteiger partial charge on any atom is -0.480 e. The van der Waals surface area contributed by atoms with Gasteiger partial charge in [-0.3, -0.25) is 14.5 Å². The van der Waals surface area contributed by atoms with Crippen molar-refractivity contribution < 1.29 is 14.7 Å². The van der Waals surface area contributed by atoms with Crippen molar-refractivity contribution in [3.8, 4) is 0 Å². The molecule has 0 saturated carbocycles. The fraction of sp³-hybridized carbons (Fsp3) is 0.857. The molecule has 1 rings (SSSR count). The van der Waals surface area contributed by atoms with Gasteiger partial charge >= 0.3 is 5.97 Å². The molecule has 20 heavy (non-hydrogen) atoms. The number of amides is 1. The molecular weight excluding hydrogens is 258 g/mol. The topological polar surface area (TPSA) is 81.7 Å². The summed E-state index contributed by atoms with van der Waals surface area (Å²) in [5, 5.41) is 14.5. The molecule has 0 radical (unpaired) electrons. The molecule has 1 aliphatic heterocycles. The molecule has 6 heteroatoms. The van der Waals surface area contributed by atoms with Gasteiger partial charge in [-0.15, -0.1) is 0 Å². The summed E-state index contributed by atoms with van der Waals surface area (Å²) in [6, 6.07) is 0.223. The molecule has 0 aromatic heterocycles. The highest BCUT2D eigenvalue weighted by Crippen LogP contribution is 2.15. The van der Waals surface area contributed by atoms with Gasteiger partial charge in [-0.25, -0.2) is 0 Å². The second-order valence-electron chi connectivity index (χ2n) is 5.64. The third-order valence-electron chi connectivity index (χ3n) is 3.70. The van der Waals surface area contributed by atoms with Crippen LogP contribution in [-0.2, 0) is 9.59 Å². The highest BCUT2D eigenvalue weighted by Gasteiger charge is 2.21. The van der Waals surface area contributed by atoms with E-state index < -0.39 is 5.97 Å². The maximum Gasteiger partial charge on any atom is 0.317 e. The molecule has 2 atom stereocenters. The highest BCUT2D eigenvalue weighted by molar-refractivity contribution is 5.78. The first kappa shape index (κ1) is 16.9. The number of rotatable bonds is 8. The highest BCUT2D eigenvalue weighted by atomic mass is 16.4. The molecule has 3 N–H and O–H groups in total. The van der Waals surface area contributed by atoms with Crippen molar-refractivity contribution in [3.05, 3.63) is 0 Å². The van der Waals surface area contributed by atoms with E-state index in [0.29, 0.717) is 19.0 Å². The molecule has 0 aromatic carbocycles. The van der Waals surface area contributed by atoms with E-state index in [-0.39, 0.29) is 18.5 Å². The maximum atomic E-state index is 11.8. The number of carbonyl (C=O) groups is 2. The SMILES string of the molecule is CCC(C)NC(=O)CN1CCCC(CNCC(=O)O)C1.